The molecule has 1 heterocycles. The van der Waals surface area contributed by atoms with Crippen LogP contribution in [0.4, 0.5) is 5.69 Å². The maximum absolute atomic E-state index is 11.1. The number of hydrogen-bond acceptors (Lipinski definition) is 4. The van der Waals surface area contributed by atoms with Crippen LogP contribution >= 0.6 is 11.8 Å². The number of nitrogens with two attached hydrogens (primary N) is 2. The predicted octanol–water partition coefficient (Wildman–Crippen LogP) is 2.42. The lowest BCUT2D eigenvalue weighted by molar-refractivity contribution is 0.1000. The van der Waals surface area contributed by atoms with Gasteiger partial charge in [0.15, 0.2) is 0 Å². The molecule has 0 fully saturated rings. The third kappa shape index (κ3) is 2.45. The van der Waals surface area contributed by atoms with E-state index < -0.39 is 5.91 Å². The van der Waals surface area contributed by atoms with Crippen LogP contribution in [0.25, 0.3) is 0 Å². The van der Waals surface area contributed by atoms with Crippen LogP contribution in [0.3, 0.4) is 0 Å². The molecule has 4 N–H and O–H groups in total. The van der Waals surface area contributed by atoms with Crippen LogP contribution in [0.1, 0.15) is 16.1 Å². The van der Waals surface area contributed by atoms with E-state index in [1.165, 1.54) is 11.8 Å². The molecule has 0 aliphatic heterocycles. The van der Waals surface area contributed by atoms with Gasteiger partial charge in [-0.25, -0.2) is 0 Å². The number of carbonyl (C=O) groups excluding carboxylic acids is 1. The van der Waals surface area contributed by atoms with Crippen LogP contribution in [0.5, 0.6) is 0 Å². The van der Waals surface area contributed by atoms with Crippen molar-refractivity contribution >= 4 is 23.4 Å². The van der Waals surface area contributed by atoms with Gasteiger partial charge in [-0.1, -0.05) is 11.8 Å². The Morgan fingerprint density at radius 3 is 2.65 bits per heavy atom. The topological polar surface area (TPSA) is 82.2 Å². The van der Waals surface area contributed by atoms with Crippen LogP contribution < -0.4 is 11.5 Å². The molecule has 1 aromatic carbocycles. The first-order valence-electron chi connectivity index (χ1n) is 4.99. The lowest BCUT2D eigenvalue weighted by Crippen LogP contribution is -2.11. The van der Waals surface area contributed by atoms with Gasteiger partial charge in [0, 0.05) is 16.1 Å². The average Bonchev–Trinajstić information content (AvgIpc) is 2.67. The number of primary amides is 1. The largest absolute Gasteiger partial charge is 0.468 e. The first kappa shape index (κ1) is 11.6. The van der Waals surface area contributed by atoms with Gasteiger partial charge >= 0.3 is 0 Å². The maximum Gasteiger partial charge on any atom is 0.248 e. The average molecular weight is 248 g/mol. The highest BCUT2D eigenvalue weighted by Gasteiger charge is 2.09. The molecule has 17 heavy (non-hydrogen) atoms. The summed E-state index contributed by atoms with van der Waals surface area (Å²) in [6.45, 7) is 1.87. The fourth-order valence-corrected chi connectivity index (χ4v) is 2.30. The van der Waals surface area contributed by atoms with Crippen molar-refractivity contribution in [2.24, 2.45) is 5.73 Å². The van der Waals surface area contributed by atoms with Crippen molar-refractivity contribution in [3.8, 4) is 0 Å². The fraction of sp³-hybridized carbons (Fsp3) is 0.0833. The summed E-state index contributed by atoms with van der Waals surface area (Å²) in [6.07, 6.45) is 1.62. The second-order valence-corrected chi connectivity index (χ2v) is 4.64. The molecule has 2 aromatic rings. The molecule has 0 spiro atoms. The van der Waals surface area contributed by atoms with Crippen LogP contribution in [0, 0.1) is 6.92 Å². The van der Waals surface area contributed by atoms with Crippen molar-refractivity contribution in [1.29, 1.82) is 0 Å². The minimum absolute atomic E-state index is 0.447. The van der Waals surface area contributed by atoms with E-state index in [9.17, 15) is 4.79 Å². The first-order valence-corrected chi connectivity index (χ1v) is 5.81. The summed E-state index contributed by atoms with van der Waals surface area (Å²) in [5, 5.41) is 0. The predicted molar refractivity (Wildman–Crippen MR) is 66.9 cm³/mol. The third-order valence-corrected chi connectivity index (χ3v) is 3.55. The molecule has 0 saturated carbocycles. The van der Waals surface area contributed by atoms with Gasteiger partial charge in [-0.3, -0.25) is 4.79 Å². The van der Waals surface area contributed by atoms with Gasteiger partial charge in [-0.2, -0.15) is 0 Å². The summed E-state index contributed by atoms with van der Waals surface area (Å²) in [6, 6.07) is 6.84. The van der Waals surface area contributed by atoms with Crippen molar-refractivity contribution in [2.75, 3.05) is 5.73 Å². The number of furan rings is 1. The second kappa shape index (κ2) is 4.55. The summed E-state index contributed by atoms with van der Waals surface area (Å²) in [7, 11) is 0. The molecule has 2 rings (SSSR count). The molecule has 0 unspecified atom stereocenters. The van der Waals surface area contributed by atoms with Crippen LogP contribution in [0.15, 0.2) is 44.7 Å². The van der Waals surface area contributed by atoms with Gasteiger partial charge in [-0.15, -0.1) is 0 Å². The van der Waals surface area contributed by atoms with E-state index in [-0.39, 0.29) is 0 Å². The van der Waals surface area contributed by atoms with Crippen LogP contribution in [-0.4, -0.2) is 5.91 Å². The Kier molecular flexibility index (Phi) is 3.10. The molecule has 1 amide bonds. The number of aryl methyl sites for hydroxylation is 1. The number of amides is 1. The molecule has 0 atom stereocenters. The SMILES string of the molecule is Cc1occc1Sc1cc(C(N)=O)ccc1N. The van der Waals surface area contributed by atoms with Crippen LogP contribution in [-0.2, 0) is 0 Å². The van der Waals surface area contributed by atoms with Crippen molar-refractivity contribution in [1.82, 2.24) is 0 Å². The highest BCUT2D eigenvalue weighted by molar-refractivity contribution is 7.99. The van der Waals surface area contributed by atoms with Crippen molar-refractivity contribution < 1.29 is 9.21 Å². The molecule has 0 aliphatic rings. The van der Waals surface area contributed by atoms with Gasteiger partial charge < -0.3 is 15.9 Å². The van der Waals surface area contributed by atoms with E-state index in [1.54, 1.807) is 24.5 Å². The normalized spacial score (nSPS) is 10.4. The maximum atomic E-state index is 11.1. The number of benzene rings is 1. The van der Waals surface area contributed by atoms with Crippen molar-refractivity contribution in [2.45, 2.75) is 16.7 Å². The van der Waals surface area contributed by atoms with E-state index >= 15 is 0 Å². The Balaban J connectivity index is 2.35. The molecule has 0 radical (unpaired) electrons. The zero-order chi connectivity index (χ0) is 12.4. The van der Waals surface area contributed by atoms with Crippen molar-refractivity contribution in [3.63, 3.8) is 0 Å². The fourth-order valence-electron chi connectivity index (χ4n) is 1.37. The Morgan fingerprint density at radius 2 is 2.06 bits per heavy atom. The lowest BCUT2D eigenvalue weighted by Gasteiger charge is -2.06. The zero-order valence-corrected chi connectivity index (χ0v) is 10.1. The molecule has 0 saturated heterocycles. The summed E-state index contributed by atoms with van der Waals surface area (Å²) in [4.78, 5) is 12.9. The van der Waals surface area contributed by atoms with Gasteiger partial charge in [0.25, 0.3) is 0 Å². The van der Waals surface area contributed by atoms with Gasteiger partial charge in [0.2, 0.25) is 5.91 Å². The summed E-state index contributed by atoms with van der Waals surface area (Å²) in [5.41, 5.74) is 12.1. The first-order chi connectivity index (χ1) is 8.08. The summed E-state index contributed by atoms with van der Waals surface area (Å²) < 4.78 is 5.20. The highest BCUT2D eigenvalue weighted by Crippen LogP contribution is 2.34. The molecule has 0 aliphatic carbocycles. The monoisotopic (exact) mass is 248 g/mol. The molecule has 5 heteroatoms. The standard InChI is InChI=1S/C12H12N2O2S/c1-7-10(4-5-16-7)17-11-6-8(12(14)15)2-3-9(11)13/h2-6H,13H2,1H3,(H2,14,15). The number of hydrogen-bond donors (Lipinski definition) is 2. The Bertz CT molecular complexity index is 563. The number of rotatable bonds is 3. The van der Waals surface area contributed by atoms with E-state index in [1.807, 2.05) is 13.0 Å². The molecule has 4 nitrogen and oxygen atoms in total. The number of carbonyl (C=O) groups is 1. The summed E-state index contributed by atoms with van der Waals surface area (Å²) >= 11 is 1.45. The quantitative estimate of drug-likeness (QED) is 0.817. The second-order valence-electron chi connectivity index (χ2n) is 3.56. The molecule has 1 aromatic heterocycles. The molecular formula is C12H12N2O2S. The molecule has 0 bridgehead atoms. The zero-order valence-electron chi connectivity index (χ0n) is 9.27. The van der Waals surface area contributed by atoms with Crippen molar-refractivity contribution in [3.05, 3.63) is 41.9 Å². The molecule has 88 valence electrons. The highest BCUT2D eigenvalue weighted by atomic mass is 32.2. The van der Waals surface area contributed by atoms with Crippen LogP contribution in [0.2, 0.25) is 0 Å². The van der Waals surface area contributed by atoms with E-state index in [4.69, 9.17) is 15.9 Å². The van der Waals surface area contributed by atoms with E-state index in [0.717, 1.165) is 15.6 Å². The Labute approximate surface area is 103 Å². The third-order valence-electron chi connectivity index (χ3n) is 2.33. The lowest BCUT2D eigenvalue weighted by atomic mass is 10.2. The minimum Gasteiger partial charge on any atom is -0.468 e. The number of anilines is 1. The number of nitrogen functional groups attached to an aromatic ring is 1. The van der Waals surface area contributed by atoms with E-state index in [0.29, 0.717) is 11.3 Å². The Morgan fingerprint density at radius 1 is 1.29 bits per heavy atom. The minimum atomic E-state index is -0.462. The smallest absolute Gasteiger partial charge is 0.248 e. The van der Waals surface area contributed by atoms with Gasteiger partial charge in [0.05, 0.1) is 11.2 Å². The van der Waals surface area contributed by atoms with Gasteiger partial charge in [0.1, 0.15) is 5.76 Å². The molecular weight excluding hydrogens is 236 g/mol. The summed E-state index contributed by atoms with van der Waals surface area (Å²) in [5.74, 6) is 0.356. The Hall–Kier alpha value is -1.88. The van der Waals surface area contributed by atoms with E-state index in [2.05, 4.69) is 0 Å². The van der Waals surface area contributed by atoms with Gasteiger partial charge in [-0.05, 0) is 31.2 Å².